The summed E-state index contributed by atoms with van der Waals surface area (Å²) in [5.41, 5.74) is 2.96. The van der Waals surface area contributed by atoms with Gasteiger partial charge in [0.05, 0.1) is 4.90 Å². The summed E-state index contributed by atoms with van der Waals surface area (Å²) in [5, 5.41) is 2.97. The van der Waals surface area contributed by atoms with Crippen molar-refractivity contribution >= 4 is 33.4 Å². The number of halogens is 1. The number of rotatable bonds is 9. The van der Waals surface area contributed by atoms with Crippen molar-refractivity contribution in [3.8, 4) is 0 Å². The maximum atomic E-state index is 13.1. The van der Waals surface area contributed by atoms with E-state index in [9.17, 15) is 17.6 Å². The lowest BCUT2D eigenvalue weighted by Gasteiger charge is -2.26. The fourth-order valence-electron chi connectivity index (χ4n) is 3.50. The van der Waals surface area contributed by atoms with Crippen molar-refractivity contribution in [2.75, 3.05) is 43.5 Å². The molecule has 1 aliphatic heterocycles. The Kier molecular flexibility index (Phi) is 8.70. The van der Waals surface area contributed by atoms with Crippen LogP contribution in [0.1, 0.15) is 24.0 Å². The van der Waals surface area contributed by atoms with Crippen molar-refractivity contribution in [2.45, 2.75) is 31.2 Å². The average Bonchev–Trinajstić information content (AvgIpc) is 2.77. The minimum atomic E-state index is -3.71. The number of hydrogen-bond acceptors (Lipinski definition) is 5. The first-order chi connectivity index (χ1) is 15.3. The lowest BCUT2D eigenvalue weighted by Crippen LogP contribution is -2.32. The average molecular weight is 480 g/mol. The molecule has 2 aromatic rings. The molecule has 0 aliphatic carbocycles. The number of thioether (sulfide) groups is 1. The number of anilines is 1. The summed E-state index contributed by atoms with van der Waals surface area (Å²) < 4.78 is 39.4. The summed E-state index contributed by atoms with van der Waals surface area (Å²) in [6.07, 6.45) is 0.587. The Morgan fingerprint density at radius 1 is 1.16 bits per heavy atom. The number of nitrogens with zero attached hydrogens (tertiary/aromatic N) is 2. The number of benzene rings is 2. The molecule has 174 valence electrons. The largest absolute Gasteiger partial charge is 0.326 e. The summed E-state index contributed by atoms with van der Waals surface area (Å²) in [6, 6.07) is 10.9. The molecule has 3 rings (SSSR count). The Hall–Kier alpha value is -1.94. The van der Waals surface area contributed by atoms with E-state index in [1.54, 1.807) is 0 Å². The van der Waals surface area contributed by atoms with Crippen LogP contribution in [0.4, 0.5) is 10.1 Å². The van der Waals surface area contributed by atoms with Gasteiger partial charge in [-0.25, -0.2) is 17.1 Å². The molecule has 1 saturated heterocycles. The van der Waals surface area contributed by atoms with Crippen LogP contribution in [0.3, 0.4) is 0 Å². The zero-order chi connectivity index (χ0) is 23.1. The van der Waals surface area contributed by atoms with Crippen LogP contribution in [-0.2, 0) is 21.4 Å². The van der Waals surface area contributed by atoms with E-state index in [1.165, 1.54) is 29.0 Å². The second kappa shape index (κ2) is 11.3. The maximum Gasteiger partial charge on any atom is 0.242 e. The molecular weight excluding hydrogens is 449 g/mol. The molecule has 0 aromatic heterocycles. The third-order valence-electron chi connectivity index (χ3n) is 5.48. The fourth-order valence-corrected chi connectivity index (χ4v) is 5.69. The molecule has 0 spiro atoms. The molecule has 9 heteroatoms. The van der Waals surface area contributed by atoms with E-state index in [-0.39, 0.29) is 23.8 Å². The zero-order valence-electron chi connectivity index (χ0n) is 18.5. The van der Waals surface area contributed by atoms with E-state index in [0.29, 0.717) is 6.42 Å². The number of amides is 1. The molecule has 6 nitrogen and oxygen atoms in total. The summed E-state index contributed by atoms with van der Waals surface area (Å²) >= 11 is 1.98. The molecule has 0 saturated carbocycles. The second-order valence-electron chi connectivity index (χ2n) is 7.97. The minimum Gasteiger partial charge on any atom is -0.326 e. The third-order valence-corrected chi connectivity index (χ3v) is 8.30. The van der Waals surface area contributed by atoms with E-state index in [2.05, 4.69) is 16.3 Å². The van der Waals surface area contributed by atoms with Gasteiger partial charge in [0.25, 0.3) is 0 Å². The Morgan fingerprint density at radius 3 is 2.53 bits per heavy atom. The predicted octanol–water partition coefficient (Wildman–Crippen LogP) is 3.72. The van der Waals surface area contributed by atoms with E-state index in [1.807, 2.05) is 30.8 Å². The van der Waals surface area contributed by atoms with Gasteiger partial charge in [-0.3, -0.25) is 9.69 Å². The van der Waals surface area contributed by atoms with Gasteiger partial charge in [0.2, 0.25) is 15.9 Å². The lowest BCUT2D eigenvalue weighted by atomic mass is 10.1. The van der Waals surface area contributed by atoms with Gasteiger partial charge in [0.15, 0.2) is 0 Å². The Bertz CT molecular complexity index is 1020. The summed E-state index contributed by atoms with van der Waals surface area (Å²) in [5.74, 6) is 1.67. The molecule has 1 fully saturated rings. The predicted molar refractivity (Wildman–Crippen MR) is 128 cm³/mol. The molecule has 1 amide bonds. The quantitative estimate of drug-likeness (QED) is 0.594. The number of sulfonamides is 1. The number of hydrogen-bond donors (Lipinski definition) is 1. The van der Waals surface area contributed by atoms with Crippen LogP contribution in [0, 0.1) is 12.7 Å². The molecule has 0 radical (unpaired) electrons. The van der Waals surface area contributed by atoms with Crippen molar-refractivity contribution < 1.29 is 17.6 Å². The normalized spacial score (nSPS) is 15.1. The number of nitrogens with one attached hydrogen (secondary N) is 1. The van der Waals surface area contributed by atoms with Crippen LogP contribution in [-0.4, -0.2) is 61.7 Å². The van der Waals surface area contributed by atoms with E-state index < -0.39 is 15.8 Å². The van der Waals surface area contributed by atoms with Crippen LogP contribution in [0.5, 0.6) is 0 Å². The molecule has 0 bridgehead atoms. The molecule has 1 N–H and O–H groups in total. The van der Waals surface area contributed by atoms with E-state index >= 15 is 0 Å². The standard InChI is InChI=1S/C23H30FN3O3S2/c1-18-5-6-19(17-27-12-14-31-15-13-27)16-22(18)25-23(28)4-3-11-26(2)32(29,30)21-9-7-20(24)8-10-21/h5-10,16H,3-4,11-15,17H2,1-2H3,(H,25,28). The van der Waals surface area contributed by atoms with E-state index in [0.717, 1.165) is 54.5 Å². The van der Waals surface area contributed by atoms with Crippen molar-refractivity contribution in [3.05, 3.63) is 59.4 Å². The van der Waals surface area contributed by atoms with Gasteiger partial charge in [-0.1, -0.05) is 12.1 Å². The van der Waals surface area contributed by atoms with Gasteiger partial charge in [-0.2, -0.15) is 11.8 Å². The summed E-state index contributed by atoms with van der Waals surface area (Å²) in [4.78, 5) is 14.9. The van der Waals surface area contributed by atoms with Crippen molar-refractivity contribution in [1.82, 2.24) is 9.21 Å². The molecule has 0 atom stereocenters. The van der Waals surface area contributed by atoms with Crippen LogP contribution in [0.15, 0.2) is 47.4 Å². The van der Waals surface area contributed by atoms with Crippen molar-refractivity contribution in [1.29, 1.82) is 0 Å². The molecule has 0 unspecified atom stereocenters. The third kappa shape index (κ3) is 6.78. The van der Waals surface area contributed by atoms with Crippen molar-refractivity contribution in [2.24, 2.45) is 0 Å². The first kappa shape index (κ1) is 24.7. The number of carbonyl (C=O) groups is 1. The highest BCUT2D eigenvalue weighted by atomic mass is 32.2. The molecule has 1 aliphatic rings. The summed E-state index contributed by atoms with van der Waals surface area (Å²) in [6.45, 7) is 5.18. The van der Waals surface area contributed by atoms with Crippen molar-refractivity contribution in [3.63, 3.8) is 0 Å². The number of carbonyl (C=O) groups excluding carboxylic acids is 1. The minimum absolute atomic E-state index is 0.0330. The monoisotopic (exact) mass is 479 g/mol. The first-order valence-electron chi connectivity index (χ1n) is 10.7. The highest BCUT2D eigenvalue weighted by Crippen LogP contribution is 2.20. The first-order valence-corrected chi connectivity index (χ1v) is 13.3. The van der Waals surface area contributed by atoms with Crippen LogP contribution < -0.4 is 5.32 Å². The van der Waals surface area contributed by atoms with Crippen LogP contribution in [0.2, 0.25) is 0 Å². The van der Waals surface area contributed by atoms with Gasteiger partial charge in [-0.15, -0.1) is 0 Å². The highest BCUT2D eigenvalue weighted by molar-refractivity contribution is 7.99. The zero-order valence-corrected chi connectivity index (χ0v) is 20.1. The second-order valence-corrected chi connectivity index (χ2v) is 11.2. The molecule has 2 aromatic carbocycles. The van der Waals surface area contributed by atoms with Gasteiger partial charge < -0.3 is 5.32 Å². The lowest BCUT2D eigenvalue weighted by molar-refractivity contribution is -0.116. The smallest absolute Gasteiger partial charge is 0.242 e. The van der Waals surface area contributed by atoms with Gasteiger partial charge in [-0.05, 0) is 54.8 Å². The Labute approximate surface area is 194 Å². The maximum absolute atomic E-state index is 13.1. The molecule has 1 heterocycles. The number of aryl methyl sites for hydroxylation is 1. The summed E-state index contributed by atoms with van der Waals surface area (Å²) in [7, 11) is -2.25. The van der Waals surface area contributed by atoms with Crippen LogP contribution >= 0.6 is 11.8 Å². The Morgan fingerprint density at radius 2 is 1.84 bits per heavy atom. The van der Waals surface area contributed by atoms with E-state index in [4.69, 9.17) is 0 Å². The van der Waals surface area contributed by atoms with Crippen LogP contribution in [0.25, 0.3) is 0 Å². The SMILES string of the molecule is Cc1ccc(CN2CCSCC2)cc1NC(=O)CCCN(C)S(=O)(=O)c1ccc(F)cc1. The van der Waals surface area contributed by atoms with Gasteiger partial charge in [0.1, 0.15) is 5.82 Å². The topological polar surface area (TPSA) is 69.7 Å². The Balaban J connectivity index is 1.51. The highest BCUT2D eigenvalue weighted by Gasteiger charge is 2.20. The van der Waals surface area contributed by atoms with Gasteiger partial charge >= 0.3 is 0 Å². The van der Waals surface area contributed by atoms with Gasteiger partial charge in [0, 0.05) is 56.8 Å². The molecule has 32 heavy (non-hydrogen) atoms. The fraction of sp³-hybridized carbons (Fsp3) is 0.435. The molecular formula is C23H30FN3O3S2.